The van der Waals surface area contributed by atoms with Gasteiger partial charge >= 0.3 is 0 Å². The van der Waals surface area contributed by atoms with Crippen LogP contribution in [-0.4, -0.2) is 34.7 Å². The summed E-state index contributed by atoms with van der Waals surface area (Å²) in [4.78, 5) is 25.6. The molecule has 1 amide bonds. The Hall–Kier alpha value is -3.09. The quantitative estimate of drug-likeness (QED) is 0.704. The molecule has 1 atom stereocenters. The van der Waals surface area contributed by atoms with E-state index in [-0.39, 0.29) is 17.6 Å². The Bertz CT molecular complexity index is 880. The van der Waals surface area contributed by atoms with E-state index < -0.39 is 0 Å². The zero-order valence-electron chi connectivity index (χ0n) is 16.2. The van der Waals surface area contributed by atoms with Gasteiger partial charge in [-0.1, -0.05) is 26.5 Å². The number of pyridine rings is 1. The van der Waals surface area contributed by atoms with E-state index in [2.05, 4.69) is 26.4 Å². The maximum atomic E-state index is 11.5. The number of aliphatic imine (C=N–C) groups is 1. The molecular formula is C20H28N6O. The molecule has 144 valence electrons. The number of nitrogens with two attached hydrogens (primary N) is 2. The lowest BCUT2D eigenvalue weighted by Gasteiger charge is -2.20. The van der Waals surface area contributed by atoms with Crippen molar-refractivity contribution in [2.24, 2.45) is 22.4 Å². The van der Waals surface area contributed by atoms with Crippen LogP contribution in [-0.2, 0) is 4.79 Å². The van der Waals surface area contributed by atoms with Crippen LogP contribution in [0.3, 0.4) is 0 Å². The zero-order chi connectivity index (χ0) is 20.0. The minimum Gasteiger partial charge on any atom is -0.384 e. The number of anilines is 1. The van der Waals surface area contributed by atoms with Crippen LogP contribution in [0.1, 0.15) is 32.8 Å². The Labute approximate surface area is 159 Å². The number of hydrogen-bond acceptors (Lipinski definition) is 5. The van der Waals surface area contributed by atoms with Gasteiger partial charge in [-0.15, -0.1) is 0 Å². The van der Waals surface area contributed by atoms with Gasteiger partial charge in [0.15, 0.2) is 0 Å². The first kappa shape index (κ1) is 20.2. The summed E-state index contributed by atoms with van der Waals surface area (Å²) in [6.45, 7) is 11.0. The number of fused-ring (bicyclic) bond motifs is 1. The highest BCUT2D eigenvalue weighted by Crippen LogP contribution is 2.32. The van der Waals surface area contributed by atoms with Crippen molar-refractivity contribution in [2.75, 3.05) is 18.0 Å². The smallest absolute Gasteiger partial charge is 0.222 e. The van der Waals surface area contributed by atoms with E-state index in [1.807, 2.05) is 45.2 Å². The fourth-order valence-electron chi connectivity index (χ4n) is 3.22. The van der Waals surface area contributed by atoms with Crippen LogP contribution in [0.2, 0.25) is 0 Å². The molecule has 0 bridgehead atoms. The molecule has 1 aliphatic rings. The Balaban J connectivity index is 0.00000126. The van der Waals surface area contributed by atoms with Crippen LogP contribution in [0.4, 0.5) is 5.69 Å². The highest BCUT2D eigenvalue weighted by atomic mass is 16.1. The molecule has 7 heteroatoms. The van der Waals surface area contributed by atoms with Crippen LogP contribution in [0.25, 0.3) is 11.0 Å². The highest BCUT2D eigenvalue weighted by molar-refractivity contribution is 6.18. The molecule has 5 N–H and O–H groups in total. The van der Waals surface area contributed by atoms with Gasteiger partial charge in [-0.05, 0) is 25.5 Å². The monoisotopic (exact) mass is 368 g/mol. The van der Waals surface area contributed by atoms with Gasteiger partial charge in [-0.25, -0.2) is 9.98 Å². The number of carbonyl (C=O) groups is 1. The van der Waals surface area contributed by atoms with E-state index in [1.165, 1.54) is 0 Å². The maximum Gasteiger partial charge on any atom is 0.222 e. The van der Waals surface area contributed by atoms with E-state index in [0.717, 1.165) is 35.2 Å². The molecule has 0 radical (unpaired) electrons. The first-order valence-electron chi connectivity index (χ1n) is 9.17. The Kier molecular flexibility index (Phi) is 6.76. The molecule has 0 aliphatic carbocycles. The standard InChI is InChI=1S/C18H22N6O.C2H6/c1-3-4-14(23-11(2)19)13-9-22-18-16(13)15(5-7-21-18)24-8-6-12(10-24)17(20)25;1-2/h3-5,7,9,12H,2,6,8,10,19H2,1H3,(H2,20,25)(H,21,22);1-2H3/b4-3-,23-14+;. The molecule has 0 spiro atoms. The predicted molar refractivity (Wildman–Crippen MR) is 112 cm³/mol. The molecule has 3 heterocycles. The van der Waals surface area contributed by atoms with Gasteiger partial charge in [0.2, 0.25) is 5.91 Å². The third-order valence-corrected chi connectivity index (χ3v) is 4.35. The Morgan fingerprint density at radius 2 is 2.19 bits per heavy atom. The van der Waals surface area contributed by atoms with E-state index in [4.69, 9.17) is 11.5 Å². The molecule has 0 aromatic carbocycles. The van der Waals surface area contributed by atoms with Crippen molar-refractivity contribution < 1.29 is 4.79 Å². The lowest BCUT2D eigenvalue weighted by atomic mass is 10.1. The van der Waals surface area contributed by atoms with Gasteiger partial charge in [0.05, 0.1) is 22.7 Å². The molecule has 1 aliphatic heterocycles. The number of amides is 1. The van der Waals surface area contributed by atoms with Crippen molar-refractivity contribution in [3.05, 3.63) is 48.6 Å². The van der Waals surface area contributed by atoms with Crippen molar-refractivity contribution >= 4 is 28.3 Å². The maximum absolute atomic E-state index is 11.5. The number of aromatic nitrogens is 2. The average molecular weight is 368 g/mol. The molecular weight excluding hydrogens is 340 g/mol. The van der Waals surface area contributed by atoms with Gasteiger partial charge in [-0.2, -0.15) is 0 Å². The van der Waals surface area contributed by atoms with Crippen LogP contribution in [0.5, 0.6) is 0 Å². The van der Waals surface area contributed by atoms with E-state index in [1.54, 1.807) is 6.20 Å². The van der Waals surface area contributed by atoms with Crippen LogP contribution < -0.4 is 16.4 Å². The summed E-state index contributed by atoms with van der Waals surface area (Å²) in [5.41, 5.74) is 14.5. The fourth-order valence-corrected chi connectivity index (χ4v) is 3.22. The molecule has 3 rings (SSSR count). The summed E-state index contributed by atoms with van der Waals surface area (Å²) >= 11 is 0. The molecule has 7 nitrogen and oxygen atoms in total. The summed E-state index contributed by atoms with van der Waals surface area (Å²) < 4.78 is 0. The third kappa shape index (κ3) is 4.36. The Morgan fingerprint density at radius 1 is 1.44 bits per heavy atom. The lowest BCUT2D eigenvalue weighted by molar-refractivity contribution is -0.121. The zero-order valence-corrected chi connectivity index (χ0v) is 16.2. The number of carbonyl (C=O) groups excluding carboxylic acids is 1. The van der Waals surface area contributed by atoms with Gasteiger partial charge in [0.25, 0.3) is 0 Å². The predicted octanol–water partition coefficient (Wildman–Crippen LogP) is 2.70. The highest BCUT2D eigenvalue weighted by Gasteiger charge is 2.28. The Morgan fingerprint density at radius 3 is 2.78 bits per heavy atom. The second-order valence-corrected chi connectivity index (χ2v) is 6.08. The third-order valence-electron chi connectivity index (χ3n) is 4.35. The normalized spacial score (nSPS) is 17.2. The van der Waals surface area contributed by atoms with E-state index in [0.29, 0.717) is 12.3 Å². The van der Waals surface area contributed by atoms with Gasteiger partial charge in [-0.3, -0.25) is 4.79 Å². The second-order valence-electron chi connectivity index (χ2n) is 6.08. The van der Waals surface area contributed by atoms with Crippen LogP contribution in [0.15, 0.2) is 48.0 Å². The van der Waals surface area contributed by atoms with Gasteiger partial charge in [0.1, 0.15) is 11.5 Å². The lowest BCUT2D eigenvalue weighted by Crippen LogP contribution is -2.27. The van der Waals surface area contributed by atoms with Crippen molar-refractivity contribution in [3.8, 4) is 0 Å². The van der Waals surface area contributed by atoms with Gasteiger partial charge in [0, 0.05) is 31.0 Å². The number of aromatic amines is 1. The molecule has 1 saturated heterocycles. The number of hydrogen-bond donors (Lipinski definition) is 3. The van der Waals surface area contributed by atoms with Crippen molar-refractivity contribution in [2.45, 2.75) is 27.2 Å². The number of allylic oxidation sites excluding steroid dienone is 2. The summed E-state index contributed by atoms with van der Waals surface area (Å²) in [6, 6.07) is 1.95. The minimum absolute atomic E-state index is 0.127. The topological polar surface area (TPSA) is 113 Å². The largest absolute Gasteiger partial charge is 0.384 e. The number of nitrogens with one attached hydrogen (secondary N) is 1. The average Bonchev–Trinajstić information content (AvgIpc) is 3.30. The summed E-state index contributed by atoms with van der Waals surface area (Å²) in [7, 11) is 0. The minimum atomic E-state index is -0.252. The molecule has 2 aromatic heterocycles. The van der Waals surface area contributed by atoms with Crippen LogP contribution in [0, 0.1) is 5.92 Å². The van der Waals surface area contributed by atoms with Crippen LogP contribution >= 0.6 is 0 Å². The molecule has 1 fully saturated rings. The summed E-state index contributed by atoms with van der Waals surface area (Å²) in [5, 5.41) is 0.950. The number of primary amides is 1. The van der Waals surface area contributed by atoms with E-state index in [9.17, 15) is 4.79 Å². The second kappa shape index (κ2) is 9.02. The molecule has 0 saturated carbocycles. The number of H-pyrrole nitrogens is 1. The fraction of sp³-hybridized carbons (Fsp3) is 0.350. The van der Waals surface area contributed by atoms with Gasteiger partial charge < -0.3 is 21.4 Å². The summed E-state index contributed by atoms with van der Waals surface area (Å²) in [6.07, 6.45) is 8.16. The molecule has 2 aromatic rings. The first-order valence-corrected chi connectivity index (χ1v) is 9.17. The van der Waals surface area contributed by atoms with Crippen molar-refractivity contribution in [1.82, 2.24) is 9.97 Å². The van der Waals surface area contributed by atoms with E-state index >= 15 is 0 Å². The van der Waals surface area contributed by atoms with Crippen molar-refractivity contribution in [1.29, 1.82) is 0 Å². The SMILES string of the molecule is C=C(N)/N=C(\C=C/C)c1c[nH]c2nccc(N3CCC(C(N)=O)C3)c12.CC. The molecule has 27 heavy (non-hydrogen) atoms. The first-order chi connectivity index (χ1) is 13.0. The van der Waals surface area contributed by atoms with Crippen molar-refractivity contribution in [3.63, 3.8) is 0 Å². The summed E-state index contributed by atoms with van der Waals surface area (Å²) in [5.74, 6) is -0.140. The molecule has 1 unspecified atom stereocenters. The number of nitrogens with zero attached hydrogens (tertiary/aromatic N) is 3. The number of rotatable bonds is 5.